The van der Waals surface area contributed by atoms with Gasteiger partial charge in [0, 0.05) is 5.56 Å². The Morgan fingerprint density at radius 1 is 1.16 bits per heavy atom. The van der Waals surface area contributed by atoms with Crippen molar-refractivity contribution in [1.82, 2.24) is 5.43 Å². The van der Waals surface area contributed by atoms with Gasteiger partial charge in [0.25, 0.3) is 5.91 Å². The van der Waals surface area contributed by atoms with Crippen molar-refractivity contribution in [3.05, 3.63) is 72.3 Å². The van der Waals surface area contributed by atoms with Crippen molar-refractivity contribution >= 4 is 12.1 Å². The van der Waals surface area contributed by atoms with Crippen molar-refractivity contribution in [2.24, 2.45) is 5.10 Å². The fourth-order valence-electron chi connectivity index (χ4n) is 2.04. The minimum atomic E-state index is -0.333. The molecule has 0 unspecified atom stereocenters. The first-order valence-corrected chi connectivity index (χ1v) is 8.09. The van der Waals surface area contributed by atoms with Gasteiger partial charge in [-0.1, -0.05) is 43.8 Å². The normalized spacial score (nSPS) is 10.4. The molecule has 2 aromatic rings. The Bertz CT molecular complexity index is 724. The third-order valence-corrected chi connectivity index (χ3v) is 3.37. The molecular formula is C20H22N2O3. The van der Waals surface area contributed by atoms with Crippen LogP contribution in [0.25, 0.3) is 0 Å². The van der Waals surface area contributed by atoms with Crippen molar-refractivity contribution in [2.75, 3.05) is 13.2 Å². The summed E-state index contributed by atoms with van der Waals surface area (Å²) in [6.45, 7) is 6.01. The minimum absolute atomic E-state index is 0.0998. The third kappa shape index (κ3) is 6.14. The molecule has 2 aromatic carbocycles. The van der Waals surface area contributed by atoms with Gasteiger partial charge in [0.2, 0.25) is 0 Å². The van der Waals surface area contributed by atoms with E-state index in [4.69, 9.17) is 9.47 Å². The molecule has 0 aliphatic heterocycles. The third-order valence-electron chi connectivity index (χ3n) is 3.37. The number of nitrogens with zero attached hydrogens (tertiary/aromatic N) is 1. The minimum Gasteiger partial charge on any atom is -0.489 e. The van der Waals surface area contributed by atoms with Gasteiger partial charge in [-0.25, -0.2) is 5.43 Å². The lowest BCUT2D eigenvalue weighted by Gasteiger charge is -2.07. The molecule has 0 spiro atoms. The zero-order valence-electron chi connectivity index (χ0n) is 14.3. The van der Waals surface area contributed by atoms with E-state index in [1.54, 1.807) is 6.08 Å². The topological polar surface area (TPSA) is 59.9 Å². The SMILES string of the molecule is C=CCOc1ccccc1C=NNC(=O)COc1ccc(CC)cc1. The monoisotopic (exact) mass is 338 g/mol. The lowest BCUT2D eigenvalue weighted by molar-refractivity contribution is -0.123. The van der Waals surface area contributed by atoms with Gasteiger partial charge >= 0.3 is 0 Å². The molecular weight excluding hydrogens is 316 g/mol. The van der Waals surface area contributed by atoms with Gasteiger partial charge in [-0.05, 0) is 36.2 Å². The van der Waals surface area contributed by atoms with E-state index in [1.807, 2.05) is 48.5 Å². The van der Waals surface area contributed by atoms with E-state index >= 15 is 0 Å². The number of ether oxygens (including phenoxy) is 2. The van der Waals surface area contributed by atoms with Crippen molar-refractivity contribution in [3.8, 4) is 11.5 Å². The van der Waals surface area contributed by atoms with Crippen LogP contribution in [0.4, 0.5) is 0 Å². The Kier molecular flexibility index (Phi) is 7.25. The van der Waals surface area contributed by atoms with E-state index in [2.05, 4.69) is 24.0 Å². The first-order valence-electron chi connectivity index (χ1n) is 8.09. The fraction of sp³-hybridized carbons (Fsp3) is 0.200. The molecule has 1 N–H and O–H groups in total. The quantitative estimate of drug-likeness (QED) is 0.433. The van der Waals surface area contributed by atoms with E-state index in [1.165, 1.54) is 11.8 Å². The zero-order chi connectivity index (χ0) is 17.9. The second-order valence-electron chi connectivity index (χ2n) is 5.22. The predicted octanol–water partition coefficient (Wildman–Crippen LogP) is 3.34. The highest BCUT2D eigenvalue weighted by molar-refractivity contribution is 5.85. The molecule has 5 heteroatoms. The van der Waals surface area contributed by atoms with E-state index in [9.17, 15) is 4.79 Å². The molecule has 0 aliphatic carbocycles. The van der Waals surface area contributed by atoms with Gasteiger partial charge in [-0.3, -0.25) is 4.79 Å². The summed E-state index contributed by atoms with van der Waals surface area (Å²) >= 11 is 0. The number of rotatable bonds is 9. The summed E-state index contributed by atoms with van der Waals surface area (Å²) in [4.78, 5) is 11.8. The molecule has 130 valence electrons. The van der Waals surface area contributed by atoms with Crippen LogP contribution in [0.2, 0.25) is 0 Å². The Morgan fingerprint density at radius 2 is 1.92 bits per heavy atom. The average molecular weight is 338 g/mol. The Labute approximate surface area is 148 Å². The maximum absolute atomic E-state index is 11.8. The molecule has 0 radical (unpaired) electrons. The number of hydrogen-bond acceptors (Lipinski definition) is 4. The summed E-state index contributed by atoms with van der Waals surface area (Å²) in [5, 5.41) is 3.94. The molecule has 2 rings (SSSR count). The van der Waals surface area contributed by atoms with Gasteiger partial charge < -0.3 is 9.47 Å². The smallest absolute Gasteiger partial charge is 0.277 e. The Hall–Kier alpha value is -3.08. The van der Waals surface area contributed by atoms with Crippen LogP contribution in [0.15, 0.2) is 66.3 Å². The summed E-state index contributed by atoms with van der Waals surface area (Å²) in [6, 6.07) is 15.1. The Morgan fingerprint density at radius 3 is 2.64 bits per heavy atom. The number of para-hydroxylation sites is 1. The van der Waals surface area contributed by atoms with Crippen molar-refractivity contribution in [3.63, 3.8) is 0 Å². The lowest BCUT2D eigenvalue weighted by atomic mass is 10.2. The summed E-state index contributed by atoms with van der Waals surface area (Å²) in [5.41, 5.74) is 4.42. The van der Waals surface area contributed by atoms with Crippen LogP contribution in [-0.2, 0) is 11.2 Å². The summed E-state index contributed by atoms with van der Waals surface area (Å²) in [6.07, 6.45) is 4.17. The van der Waals surface area contributed by atoms with Crippen LogP contribution in [0, 0.1) is 0 Å². The number of aryl methyl sites for hydroxylation is 1. The van der Waals surface area contributed by atoms with Crippen LogP contribution in [-0.4, -0.2) is 25.3 Å². The number of amides is 1. The highest BCUT2D eigenvalue weighted by Crippen LogP contribution is 2.15. The predicted molar refractivity (Wildman–Crippen MR) is 99.2 cm³/mol. The molecule has 25 heavy (non-hydrogen) atoms. The maximum atomic E-state index is 11.8. The number of carbonyl (C=O) groups excluding carboxylic acids is 1. The van der Waals surface area contributed by atoms with Crippen LogP contribution < -0.4 is 14.9 Å². The van der Waals surface area contributed by atoms with Crippen LogP contribution in [0.5, 0.6) is 11.5 Å². The van der Waals surface area contributed by atoms with Crippen LogP contribution in [0.3, 0.4) is 0 Å². The van der Waals surface area contributed by atoms with Crippen LogP contribution >= 0.6 is 0 Å². The molecule has 0 bridgehead atoms. The molecule has 5 nitrogen and oxygen atoms in total. The van der Waals surface area contributed by atoms with E-state index in [0.29, 0.717) is 18.1 Å². The molecule has 0 heterocycles. The molecule has 0 atom stereocenters. The largest absolute Gasteiger partial charge is 0.489 e. The van der Waals surface area contributed by atoms with E-state index < -0.39 is 0 Å². The number of carbonyl (C=O) groups is 1. The highest BCUT2D eigenvalue weighted by atomic mass is 16.5. The van der Waals surface area contributed by atoms with E-state index in [0.717, 1.165) is 12.0 Å². The van der Waals surface area contributed by atoms with Crippen molar-refractivity contribution < 1.29 is 14.3 Å². The maximum Gasteiger partial charge on any atom is 0.277 e. The highest BCUT2D eigenvalue weighted by Gasteiger charge is 2.03. The van der Waals surface area contributed by atoms with Gasteiger partial charge in [0.1, 0.15) is 18.1 Å². The molecule has 0 saturated heterocycles. The average Bonchev–Trinajstić information content (AvgIpc) is 2.66. The fourth-order valence-corrected chi connectivity index (χ4v) is 2.04. The molecule has 1 amide bonds. The number of hydrazone groups is 1. The van der Waals surface area contributed by atoms with Gasteiger partial charge in [0.15, 0.2) is 6.61 Å². The second kappa shape index (κ2) is 9.93. The molecule has 0 aliphatic rings. The first kappa shape index (κ1) is 18.3. The number of nitrogens with one attached hydrogen (secondary N) is 1. The number of hydrogen-bond donors (Lipinski definition) is 1. The number of benzene rings is 2. The van der Waals surface area contributed by atoms with Crippen molar-refractivity contribution in [2.45, 2.75) is 13.3 Å². The first-order chi connectivity index (χ1) is 12.2. The van der Waals surface area contributed by atoms with Crippen molar-refractivity contribution in [1.29, 1.82) is 0 Å². The molecule has 0 aromatic heterocycles. The van der Waals surface area contributed by atoms with E-state index in [-0.39, 0.29) is 12.5 Å². The summed E-state index contributed by atoms with van der Waals surface area (Å²) in [5.74, 6) is 0.993. The second-order valence-corrected chi connectivity index (χ2v) is 5.22. The zero-order valence-corrected chi connectivity index (χ0v) is 14.3. The summed E-state index contributed by atoms with van der Waals surface area (Å²) < 4.78 is 10.9. The van der Waals surface area contributed by atoms with Gasteiger partial charge in [0.05, 0.1) is 6.21 Å². The Balaban J connectivity index is 1.82. The lowest BCUT2D eigenvalue weighted by Crippen LogP contribution is -2.24. The van der Waals surface area contributed by atoms with Crippen LogP contribution in [0.1, 0.15) is 18.1 Å². The van der Waals surface area contributed by atoms with Gasteiger partial charge in [-0.15, -0.1) is 0 Å². The molecule has 0 saturated carbocycles. The summed E-state index contributed by atoms with van der Waals surface area (Å²) in [7, 11) is 0. The standard InChI is InChI=1S/C20H22N2O3/c1-3-13-24-19-8-6-5-7-17(19)14-21-22-20(23)15-25-18-11-9-16(4-2)10-12-18/h3,5-12,14H,1,4,13,15H2,2H3,(H,22,23). The van der Waals surface area contributed by atoms with Gasteiger partial charge in [-0.2, -0.15) is 5.10 Å². The molecule has 0 fully saturated rings.